The Hall–Kier alpha value is -3.04. The van der Waals surface area contributed by atoms with Crippen molar-refractivity contribution in [3.8, 4) is 16.5 Å². The van der Waals surface area contributed by atoms with E-state index in [4.69, 9.17) is 0 Å². The maximum atomic E-state index is 12.7. The summed E-state index contributed by atoms with van der Waals surface area (Å²) in [6.07, 6.45) is 0.608. The predicted molar refractivity (Wildman–Crippen MR) is 117 cm³/mol. The van der Waals surface area contributed by atoms with E-state index in [9.17, 15) is 9.59 Å². The zero-order valence-corrected chi connectivity index (χ0v) is 17.8. The summed E-state index contributed by atoms with van der Waals surface area (Å²) >= 11 is 4.90. The van der Waals surface area contributed by atoms with E-state index in [0.717, 1.165) is 9.35 Å². The summed E-state index contributed by atoms with van der Waals surface area (Å²) in [5.74, 6) is 0.381. The van der Waals surface area contributed by atoms with Gasteiger partial charge in [0.15, 0.2) is 0 Å². The normalized spacial score (nSPS) is 10.8. The molecule has 3 heterocycles. The van der Waals surface area contributed by atoms with Crippen LogP contribution in [0.15, 0.2) is 63.2 Å². The number of anilines is 1. The number of carbonyl (C=O) groups excluding carboxylic acids is 1. The van der Waals surface area contributed by atoms with E-state index < -0.39 is 0 Å². The van der Waals surface area contributed by atoms with Crippen LogP contribution in [0.5, 0.6) is 0 Å². The minimum atomic E-state index is -0.287. The molecule has 146 valence electrons. The van der Waals surface area contributed by atoms with Gasteiger partial charge in [0.25, 0.3) is 11.5 Å². The molecule has 1 aromatic carbocycles. The number of thiophene rings is 1. The van der Waals surface area contributed by atoms with E-state index in [0.29, 0.717) is 29.2 Å². The number of hydrogen-bond acceptors (Lipinski definition) is 5. The Kier molecular flexibility index (Phi) is 5.41. The van der Waals surface area contributed by atoms with Crippen LogP contribution in [0, 0.1) is 0 Å². The average molecular weight is 470 g/mol. The molecule has 0 aliphatic rings. The van der Waals surface area contributed by atoms with Crippen LogP contribution in [-0.4, -0.2) is 25.7 Å². The third-order valence-electron chi connectivity index (χ3n) is 4.18. The van der Waals surface area contributed by atoms with Gasteiger partial charge in [-0.15, -0.1) is 11.3 Å². The molecule has 0 aliphatic heterocycles. The molecule has 0 unspecified atom stereocenters. The second-order valence-corrected chi connectivity index (χ2v) is 8.04. The number of nitrogens with one attached hydrogen (secondary N) is 2. The van der Waals surface area contributed by atoms with Gasteiger partial charge in [-0.2, -0.15) is 9.78 Å². The van der Waals surface area contributed by atoms with Gasteiger partial charge in [0, 0.05) is 27.9 Å². The molecule has 0 radical (unpaired) electrons. The molecule has 0 fully saturated rings. The topological polar surface area (TPSA) is 92.7 Å². The van der Waals surface area contributed by atoms with Gasteiger partial charge in [0.05, 0.1) is 4.88 Å². The van der Waals surface area contributed by atoms with Crippen molar-refractivity contribution in [2.45, 2.75) is 13.3 Å². The van der Waals surface area contributed by atoms with Crippen LogP contribution in [0.4, 0.5) is 5.82 Å². The molecule has 4 aromatic rings. The van der Waals surface area contributed by atoms with Crippen molar-refractivity contribution >= 4 is 39.0 Å². The van der Waals surface area contributed by atoms with Crippen molar-refractivity contribution in [1.29, 1.82) is 0 Å². The Labute approximate surface area is 178 Å². The first-order valence-electron chi connectivity index (χ1n) is 8.85. The summed E-state index contributed by atoms with van der Waals surface area (Å²) in [6, 6.07) is 14.1. The van der Waals surface area contributed by atoms with E-state index >= 15 is 0 Å². The third-order valence-corrected chi connectivity index (χ3v) is 5.60. The Morgan fingerprint density at radius 2 is 2.03 bits per heavy atom. The number of H-pyrrole nitrogens is 1. The average Bonchev–Trinajstić information content (AvgIpc) is 3.38. The Bertz CT molecular complexity index is 1210. The van der Waals surface area contributed by atoms with Crippen LogP contribution < -0.4 is 10.9 Å². The van der Waals surface area contributed by atoms with Gasteiger partial charge in [-0.05, 0) is 42.1 Å². The molecule has 0 saturated heterocycles. The lowest BCUT2D eigenvalue weighted by molar-refractivity contribution is 0.102. The highest BCUT2D eigenvalue weighted by molar-refractivity contribution is 9.10. The molecule has 0 spiro atoms. The molecule has 0 saturated carbocycles. The Morgan fingerprint density at radius 1 is 1.24 bits per heavy atom. The van der Waals surface area contributed by atoms with E-state index in [1.807, 2.05) is 24.4 Å². The lowest BCUT2D eigenvalue weighted by Crippen LogP contribution is -2.19. The van der Waals surface area contributed by atoms with Gasteiger partial charge in [-0.3, -0.25) is 14.6 Å². The summed E-state index contributed by atoms with van der Waals surface area (Å²) in [5.41, 5.74) is 1.55. The van der Waals surface area contributed by atoms with Crippen molar-refractivity contribution in [3.05, 3.63) is 80.0 Å². The van der Waals surface area contributed by atoms with Crippen molar-refractivity contribution in [3.63, 3.8) is 0 Å². The molecule has 1 amide bonds. The third kappa shape index (κ3) is 4.20. The fraction of sp³-hybridized carbons (Fsp3) is 0.100. The monoisotopic (exact) mass is 469 g/mol. The number of aryl methyl sites for hydroxylation is 1. The van der Waals surface area contributed by atoms with Gasteiger partial charge in [0.2, 0.25) is 5.95 Å². The highest BCUT2D eigenvalue weighted by Crippen LogP contribution is 2.27. The van der Waals surface area contributed by atoms with Gasteiger partial charge in [-0.1, -0.05) is 28.9 Å². The SMILES string of the molecule is CCc1cc(=O)[nH]c(-n2nc(-c3cccs3)cc2NC(=O)c2ccc(Br)cc2)n1. The number of nitrogens with zero attached hydrogens (tertiary/aromatic N) is 3. The molecule has 0 atom stereocenters. The maximum absolute atomic E-state index is 12.7. The lowest BCUT2D eigenvalue weighted by atomic mass is 10.2. The summed E-state index contributed by atoms with van der Waals surface area (Å²) in [5, 5.41) is 9.40. The number of carbonyl (C=O) groups is 1. The largest absolute Gasteiger partial charge is 0.306 e. The van der Waals surface area contributed by atoms with Crippen LogP contribution in [0.3, 0.4) is 0 Å². The first-order valence-corrected chi connectivity index (χ1v) is 10.5. The maximum Gasteiger partial charge on any atom is 0.256 e. The van der Waals surface area contributed by atoms with E-state index in [-0.39, 0.29) is 17.4 Å². The van der Waals surface area contributed by atoms with Gasteiger partial charge >= 0.3 is 0 Å². The number of halogens is 1. The van der Waals surface area contributed by atoms with Crippen LogP contribution in [0.2, 0.25) is 0 Å². The van der Waals surface area contributed by atoms with Crippen molar-refractivity contribution in [1.82, 2.24) is 19.7 Å². The van der Waals surface area contributed by atoms with Crippen LogP contribution in [0.25, 0.3) is 16.5 Å². The Morgan fingerprint density at radius 3 is 2.72 bits per heavy atom. The van der Waals surface area contributed by atoms with Crippen molar-refractivity contribution in [2.24, 2.45) is 0 Å². The fourth-order valence-corrected chi connectivity index (χ4v) is 3.69. The van der Waals surface area contributed by atoms with E-state index in [2.05, 4.69) is 36.3 Å². The van der Waals surface area contributed by atoms with E-state index in [1.165, 1.54) is 22.1 Å². The number of rotatable bonds is 5. The van der Waals surface area contributed by atoms with Gasteiger partial charge in [0.1, 0.15) is 11.5 Å². The van der Waals surface area contributed by atoms with Gasteiger partial charge in [-0.25, -0.2) is 4.98 Å². The summed E-state index contributed by atoms with van der Waals surface area (Å²) in [4.78, 5) is 32.9. The fourth-order valence-electron chi connectivity index (χ4n) is 2.74. The zero-order valence-electron chi connectivity index (χ0n) is 15.3. The molecule has 4 rings (SSSR count). The first kappa shape index (κ1) is 19.3. The lowest BCUT2D eigenvalue weighted by Gasteiger charge is -2.09. The molecule has 29 heavy (non-hydrogen) atoms. The molecule has 0 aliphatic carbocycles. The molecule has 9 heteroatoms. The zero-order chi connectivity index (χ0) is 20.4. The summed E-state index contributed by atoms with van der Waals surface area (Å²) in [7, 11) is 0. The highest BCUT2D eigenvalue weighted by Gasteiger charge is 2.17. The molecular formula is C20H16BrN5O2S. The minimum absolute atomic E-state index is 0.253. The quantitative estimate of drug-likeness (QED) is 0.456. The molecule has 3 aromatic heterocycles. The highest BCUT2D eigenvalue weighted by atomic mass is 79.9. The molecule has 2 N–H and O–H groups in total. The molecule has 7 nitrogen and oxygen atoms in total. The number of hydrogen-bond donors (Lipinski definition) is 2. The first-order chi connectivity index (χ1) is 14.0. The summed E-state index contributed by atoms with van der Waals surface area (Å²) < 4.78 is 2.34. The Balaban J connectivity index is 1.77. The van der Waals surface area contributed by atoms with E-state index in [1.54, 1.807) is 30.3 Å². The van der Waals surface area contributed by atoms with Gasteiger partial charge < -0.3 is 5.32 Å². The standard InChI is InChI=1S/C20H16BrN5O2S/c1-2-14-10-18(27)24-20(22-14)26-17(11-15(25-26)16-4-3-9-29-16)23-19(28)12-5-7-13(21)8-6-12/h3-11H,2H2,1H3,(H,23,28)(H,22,24,27). The number of aromatic amines is 1. The number of aromatic nitrogens is 4. The van der Waals surface area contributed by atoms with Crippen molar-refractivity contribution in [2.75, 3.05) is 5.32 Å². The predicted octanol–water partition coefficient (Wildman–Crippen LogP) is 4.26. The molecular weight excluding hydrogens is 454 g/mol. The minimum Gasteiger partial charge on any atom is -0.306 e. The number of amides is 1. The second kappa shape index (κ2) is 8.14. The van der Waals surface area contributed by atoms with Crippen molar-refractivity contribution < 1.29 is 4.79 Å². The molecule has 0 bridgehead atoms. The smallest absolute Gasteiger partial charge is 0.256 e. The van der Waals surface area contributed by atoms with Crippen LogP contribution >= 0.6 is 27.3 Å². The van der Waals surface area contributed by atoms with Crippen LogP contribution in [0.1, 0.15) is 23.0 Å². The number of benzene rings is 1. The van der Waals surface area contributed by atoms with Crippen LogP contribution in [-0.2, 0) is 6.42 Å². The second-order valence-electron chi connectivity index (χ2n) is 6.18. The summed E-state index contributed by atoms with van der Waals surface area (Å²) in [6.45, 7) is 1.92.